The van der Waals surface area contributed by atoms with Gasteiger partial charge in [-0.3, -0.25) is 10.1 Å². The maximum atomic E-state index is 11.0. The quantitative estimate of drug-likeness (QED) is 0.405. The van der Waals surface area contributed by atoms with Crippen LogP contribution in [0.1, 0.15) is 43.9 Å². The van der Waals surface area contributed by atoms with Gasteiger partial charge in [-0.15, -0.1) is 0 Å². The lowest BCUT2D eigenvalue weighted by Crippen LogP contribution is -2.33. The van der Waals surface area contributed by atoms with E-state index in [0.717, 1.165) is 17.7 Å². The summed E-state index contributed by atoms with van der Waals surface area (Å²) in [5, 5.41) is 14.8. The molecule has 0 aliphatic rings. The minimum atomic E-state index is -0.382. The summed E-state index contributed by atoms with van der Waals surface area (Å²) in [5.74, 6) is 0. The van der Waals surface area contributed by atoms with Crippen LogP contribution < -0.4 is 5.32 Å². The van der Waals surface area contributed by atoms with Gasteiger partial charge in [-0.25, -0.2) is 0 Å². The zero-order valence-electron chi connectivity index (χ0n) is 15.4. The largest absolute Gasteiger partial charge is 0.345 e. The van der Waals surface area contributed by atoms with Gasteiger partial charge in [0.2, 0.25) is 0 Å². The Morgan fingerprint density at radius 2 is 1.96 bits per heavy atom. The number of thiocarbonyl (C=S) groups is 1. The summed E-state index contributed by atoms with van der Waals surface area (Å²) in [7, 11) is 1.88. The number of rotatable bonds is 7. The van der Waals surface area contributed by atoms with Gasteiger partial charge in [0, 0.05) is 24.9 Å². The molecule has 0 spiro atoms. The molecule has 1 N–H and O–H groups in total. The van der Waals surface area contributed by atoms with E-state index in [2.05, 4.69) is 24.4 Å². The molecular weight excluding hydrogens is 346 g/mol. The van der Waals surface area contributed by atoms with Crippen LogP contribution in [-0.2, 0) is 6.42 Å². The average molecular weight is 372 g/mol. The molecule has 2 aromatic rings. The molecule has 0 unspecified atom stereocenters. The Labute approximate surface area is 160 Å². The number of nitrogens with zero attached hydrogens (tertiary/aromatic N) is 2. The van der Waals surface area contributed by atoms with Gasteiger partial charge < -0.3 is 10.2 Å². The summed E-state index contributed by atoms with van der Waals surface area (Å²) >= 11 is 5.50. The second-order valence-corrected chi connectivity index (χ2v) is 6.76. The Hall–Kier alpha value is -2.47. The Bertz CT molecular complexity index is 762. The van der Waals surface area contributed by atoms with E-state index in [0.29, 0.717) is 5.11 Å². The van der Waals surface area contributed by atoms with E-state index in [-0.39, 0.29) is 16.7 Å². The fourth-order valence-electron chi connectivity index (χ4n) is 2.65. The van der Waals surface area contributed by atoms with Gasteiger partial charge in [0.25, 0.3) is 5.69 Å². The molecule has 0 heterocycles. The third kappa shape index (κ3) is 5.26. The van der Waals surface area contributed by atoms with Crippen LogP contribution in [0.4, 0.5) is 11.4 Å². The molecule has 0 aliphatic heterocycles. The summed E-state index contributed by atoms with van der Waals surface area (Å²) in [6.45, 7) is 4.16. The van der Waals surface area contributed by atoms with Crippen LogP contribution in [0.5, 0.6) is 0 Å². The topological polar surface area (TPSA) is 58.4 Å². The first-order valence-corrected chi connectivity index (χ1v) is 9.20. The van der Waals surface area contributed by atoms with Crippen LogP contribution >= 0.6 is 12.2 Å². The molecule has 0 fully saturated rings. The lowest BCUT2D eigenvalue weighted by atomic mass is 10.1. The average Bonchev–Trinajstić information content (AvgIpc) is 2.66. The van der Waals surface area contributed by atoms with E-state index >= 15 is 0 Å². The molecule has 1 atom stereocenters. The molecule has 2 aromatic carbocycles. The number of hydrogen-bond donors (Lipinski definition) is 1. The zero-order chi connectivity index (χ0) is 19.1. The smallest absolute Gasteiger partial charge is 0.269 e. The Morgan fingerprint density at radius 1 is 1.27 bits per heavy atom. The zero-order valence-corrected chi connectivity index (χ0v) is 16.3. The number of non-ortho nitro benzene ring substituents is 1. The SMILES string of the molecule is CCCCc1ccc(NC(=S)N(C)[C@@H](C)c2cccc([N+](=O)[O-])c2)cc1. The first kappa shape index (κ1) is 19.8. The number of nitro groups is 1. The number of nitrogens with one attached hydrogen (secondary N) is 1. The van der Waals surface area contributed by atoms with Crippen molar-refractivity contribution >= 4 is 28.7 Å². The number of hydrogen-bond acceptors (Lipinski definition) is 3. The maximum Gasteiger partial charge on any atom is 0.269 e. The number of unbranched alkanes of at least 4 members (excludes halogenated alkanes) is 1. The number of aryl methyl sites for hydroxylation is 1. The first-order valence-electron chi connectivity index (χ1n) is 8.79. The molecule has 0 aliphatic carbocycles. The molecule has 0 saturated carbocycles. The van der Waals surface area contributed by atoms with Crippen LogP contribution in [0.3, 0.4) is 0 Å². The minimum absolute atomic E-state index is 0.0845. The van der Waals surface area contributed by atoms with E-state index in [1.807, 2.05) is 37.1 Å². The van der Waals surface area contributed by atoms with Crippen molar-refractivity contribution in [1.29, 1.82) is 0 Å². The van der Waals surface area contributed by atoms with Crippen molar-refractivity contribution in [2.45, 2.75) is 39.2 Å². The lowest BCUT2D eigenvalue weighted by Gasteiger charge is -2.28. The molecule has 2 rings (SSSR count). The van der Waals surface area contributed by atoms with E-state index in [9.17, 15) is 10.1 Å². The lowest BCUT2D eigenvalue weighted by molar-refractivity contribution is -0.384. The van der Waals surface area contributed by atoms with Crippen LogP contribution in [-0.4, -0.2) is 22.0 Å². The van der Waals surface area contributed by atoms with E-state index < -0.39 is 0 Å². The summed E-state index contributed by atoms with van der Waals surface area (Å²) in [6, 6.07) is 14.9. The monoisotopic (exact) mass is 371 g/mol. The van der Waals surface area contributed by atoms with E-state index in [4.69, 9.17) is 12.2 Å². The molecule has 0 saturated heterocycles. The van der Waals surface area contributed by atoms with E-state index in [1.165, 1.54) is 24.5 Å². The summed E-state index contributed by atoms with van der Waals surface area (Å²) in [5.41, 5.74) is 3.19. The molecule has 0 aromatic heterocycles. The molecular formula is C20H25N3O2S. The van der Waals surface area contributed by atoms with Gasteiger partial charge in [-0.1, -0.05) is 37.6 Å². The molecule has 0 amide bonds. The van der Waals surface area contributed by atoms with Gasteiger partial charge in [0.15, 0.2) is 5.11 Å². The molecule has 0 bridgehead atoms. The van der Waals surface area contributed by atoms with Gasteiger partial charge in [0.1, 0.15) is 0 Å². The Balaban J connectivity index is 2.02. The highest BCUT2D eigenvalue weighted by Crippen LogP contribution is 2.24. The van der Waals surface area contributed by atoms with Crippen molar-refractivity contribution in [3.05, 3.63) is 69.8 Å². The highest BCUT2D eigenvalue weighted by Gasteiger charge is 2.17. The third-order valence-electron chi connectivity index (χ3n) is 4.49. The van der Waals surface area contributed by atoms with Crippen LogP contribution in [0.2, 0.25) is 0 Å². The van der Waals surface area contributed by atoms with Crippen molar-refractivity contribution < 1.29 is 4.92 Å². The second-order valence-electron chi connectivity index (χ2n) is 6.37. The highest BCUT2D eigenvalue weighted by atomic mass is 32.1. The van der Waals surface area contributed by atoms with Crippen molar-refractivity contribution in [3.8, 4) is 0 Å². The van der Waals surface area contributed by atoms with Crippen molar-refractivity contribution in [3.63, 3.8) is 0 Å². The predicted octanol–water partition coefficient (Wildman–Crippen LogP) is 5.33. The van der Waals surface area contributed by atoms with Crippen molar-refractivity contribution in [1.82, 2.24) is 4.90 Å². The highest BCUT2D eigenvalue weighted by molar-refractivity contribution is 7.80. The van der Waals surface area contributed by atoms with E-state index in [1.54, 1.807) is 12.1 Å². The maximum absolute atomic E-state index is 11.0. The van der Waals surface area contributed by atoms with Gasteiger partial charge in [0.05, 0.1) is 11.0 Å². The molecule has 0 radical (unpaired) electrons. The normalized spacial score (nSPS) is 11.7. The summed E-state index contributed by atoms with van der Waals surface area (Å²) in [4.78, 5) is 12.5. The number of anilines is 1. The van der Waals surface area contributed by atoms with Gasteiger partial charge in [-0.2, -0.15) is 0 Å². The third-order valence-corrected chi connectivity index (χ3v) is 4.88. The fourth-order valence-corrected chi connectivity index (χ4v) is 2.92. The fraction of sp³-hybridized carbons (Fsp3) is 0.350. The number of nitro benzene ring substituents is 1. The van der Waals surface area contributed by atoms with Crippen molar-refractivity contribution in [2.75, 3.05) is 12.4 Å². The number of benzene rings is 2. The molecule has 26 heavy (non-hydrogen) atoms. The predicted molar refractivity (Wildman–Crippen MR) is 111 cm³/mol. The molecule has 5 nitrogen and oxygen atoms in total. The van der Waals surface area contributed by atoms with Crippen LogP contribution in [0, 0.1) is 10.1 Å². The van der Waals surface area contributed by atoms with Crippen LogP contribution in [0.15, 0.2) is 48.5 Å². The summed E-state index contributed by atoms with van der Waals surface area (Å²) in [6.07, 6.45) is 3.46. The first-order chi connectivity index (χ1) is 12.4. The van der Waals surface area contributed by atoms with Gasteiger partial charge in [-0.05, 0) is 55.2 Å². The van der Waals surface area contributed by atoms with Gasteiger partial charge >= 0.3 is 0 Å². The standard InChI is InChI=1S/C20H25N3O2S/c1-4-5-7-16-10-12-18(13-11-16)21-20(26)22(3)15(2)17-8-6-9-19(14-17)23(24)25/h6,8-15H,4-5,7H2,1-3H3,(H,21,26)/t15-/m0/s1. The Morgan fingerprint density at radius 3 is 2.58 bits per heavy atom. The van der Waals surface area contributed by atoms with Crippen LogP contribution in [0.25, 0.3) is 0 Å². The molecule has 138 valence electrons. The van der Waals surface area contributed by atoms with Crippen molar-refractivity contribution in [2.24, 2.45) is 0 Å². The minimum Gasteiger partial charge on any atom is -0.345 e. The molecule has 6 heteroatoms. The Kier molecular flexibility index (Phi) is 7.09. The second kappa shape index (κ2) is 9.29. The summed E-state index contributed by atoms with van der Waals surface area (Å²) < 4.78 is 0.